The van der Waals surface area contributed by atoms with Crippen molar-refractivity contribution < 1.29 is 43.8 Å². The Kier molecular flexibility index (Phi) is 72.3. The molecule has 0 unspecified atom stereocenters. The molecule has 0 amide bonds. The van der Waals surface area contributed by atoms with E-state index in [4.69, 9.17) is 40.7 Å². The molecule has 5 aromatic rings. The van der Waals surface area contributed by atoms with Gasteiger partial charge in [0.05, 0.1) is 19.8 Å². The van der Waals surface area contributed by atoms with Crippen LogP contribution in [0.3, 0.4) is 0 Å². The number of aliphatic hydroxyl groups is 3. The van der Waals surface area contributed by atoms with Crippen LogP contribution >= 0.6 is 22.6 Å². The zero-order valence-electron chi connectivity index (χ0n) is 64.2. The Labute approximate surface area is 616 Å². The minimum absolute atomic E-state index is 0.106. The first kappa shape index (κ1) is 104. The monoisotopic (exact) mass is 1530 g/mol. The van der Waals surface area contributed by atoms with Crippen LogP contribution < -0.4 is 0 Å². The van der Waals surface area contributed by atoms with E-state index < -0.39 is 52.1 Å². The van der Waals surface area contributed by atoms with Crippen LogP contribution in [0.5, 0.6) is 0 Å². The number of alkyl halides is 1. The van der Waals surface area contributed by atoms with Crippen LogP contribution in [0.15, 0.2) is 176 Å². The molecule has 0 atom stereocenters. The van der Waals surface area contributed by atoms with E-state index in [2.05, 4.69) is 191 Å². The summed E-state index contributed by atoms with van der Waals surface area (Å²) < 4.78 is 23.7. The van der Waals surface area contributed by atoms with Gasteiger partial charge in [-0.3, -0.25) is 0 Å². The van der Waals surface area contributed by atoms with Gasteiger partial charge in [-0.05, 0) is 102 Å². The van der Waals surface area contributed by atoms with Gasteiger partial charge in [0.25, 0.3) is 0 Å². The number of rotatable bonds is 10. The third-order valence-electron chi connectivity index (χ3n) is 9.22. The van der Waals surface area contributed by atoms with Crippen molar-refractivity contribution in [2.24, 2.45) is 0 Å². The topological polar surface area (TPSA) is 140 Å². The van der Waals surface area contributed by atoms with E-state index in [0.717, 1.165) is 22.3 Å². The normalized spacial score (nSPS) is 9.74. The number of esters is 1. The summed E-state index contributed by atoms with van der Waals surface area (Å²) in [7, 11) is -4.86. The number of aryl methyl sites for hydroxylation is 1. The maximum atomic E-state index is 11.2. The number of ether oxygens (including phenoxy) is 3. The molecule has 0 aliphatic rings. The van der Waals surface area contributed by atoms with E-state index in [1.54, 1.807) is 57.8 Å². The number of terminal acetylenes is 1. The summed E-state index contributed by atoms with van der Waals surface area (Å²) in [4.78, 5) is 24.1. The molecule has 9 nitrogen and oxygen atoms in total. The van der Waals surface area contributed by atoms with E-state index in [1.807, 2.05) is 190 Å². The van der Waals surface area contributed by atoms with Gasteiger partial charge in [-0.2, -0.15) is 0 Å². The fourth-order valence-corrected chi connectivity index (χ4v) is 8.63. The second-order valence-corrected chi connectivity index (χ2v) is 49.8. The molecule has 5 aromatic carbocycles. The van der Waals surface area contributed by atoms with Crippen molar-refractivity contribution in [3.63, 3.8) is 0 Å². The van der Waals surface area contributed by atoms with E-state index in [9.17, 15) is 9.59 Å². The number of carbonyl (C=O) groups excluding carboxylic acids is 2. The number of hydrogen-bond acceptors (Lipinski definition) is 9. The Hall–Kier alpha value is -7.44. The van der Waals surface area contributed by atoms with Crippen LogP contribution in [-0.2, 0) is 23.7 Å². The molecule has 0 aliphatic heterocycles. The molecule has 0 bridgehead atoms. The van der Waals surface area contributed by atoms with Crippen molar-refractivity contribution >= 4 is 107 Å². The summed E-state index contributed by atoms with van der Waals surface area (Å²) in [6, 6.07) is 49.5. The molecule has 0 saturated heterocycles. The van der Waals surface area contributed by atoms with Crippen molar-refractivity contribution in [2.75, 3.05) is 31.4 Å². The Bertz CT molecular complexity index is 3080. The standard InChI is InChI=1S/C14H18O3.C11H12O2.2C9H10O.C7H8.4C6H12Si.C5H10Si.C2HBO2.CH3I/c1-14(2,3)17-13(15)16-11-7-10-12-8-5-4-6-9-12;1-2-13-11(12)9-8-10-6-4-3-5-7-10;2*10-8-4-7-9-5-2-1-3-6-9;1-7-5-3-2-4-6-7;4*1-5-6-7(2,3)4;1-5-6(2,3)4;4-2-1-3-5;1-2/h4-10H,11H2,1-3H3;3-9H,2H2,1H3;2*1-7,10H,8H2;2-6H,1H3;4*1-4H3;1H,2-4H3;4H;1H3/b10-7+;9-8+;2*7-4+;;;;;;;;. The Balaban J connectivity index is -0.000000189. The summed E-state index contributed by atoms with van der Waals surface area (Å²) in [5, 5.41) is 24.4. The van der Waals surface area contributed by atoms with Gasteiger partial charge in [0.1, 0.15) is 52.6 Å². The van der Waals surface area contributed by atoms with Gasteiger partial charge in [0.15, 0.2) is 0 Å². The third kappa shape index (κ3) is 102. The van der Waals surface area contributed by atoms with Crippen LogP contribution in [0.4, 0.5) is 4.79 Å². The van der Waals surface area contributed by atoms with Crippen LogP contribution in [0, 0.1) is 76.7 Å². The molecular formula is C82H120BIO9Si5. The van der Waals surface area contributed by atoms with Crippen molar-refractivity contribution in [1.82, 2.24) is 0 Å². The second-order valence-electron chi connectivity index (χ2n) is 26.0. The van der Waals surface area contributed by atoms with E-state index in [1.165, 1.54) is 17.7 Å². The molecule has 532 valence electrons. The van der Waals surface area contributed by atoms with Gasteiger partial charge in [-0.15, -0.1) is 57.8 Å². The average Bonchev–Trinajstić information content (AvgIpc) is 2.32. The first-order chi connectivity index (χ1) is 45.8. The van der Waals surface area contributed by atoms with Crippen LogP contribution in [-0.4, -0.2) is 112 Å². The second kappa shape index (κ2) is 68.1. The number of aliphatic hydroxyl groups excluding tert-OH is 3. The Morgan fingerprint density at radius 1 is 0.490 bits per heavy atom. The molecular weight excluding hydrogens is 1410 g/mol. The summed E-state index contributed by atoms with van der Waals surface area (Å²) >= 11 is 2.15. The van der Waals surface area contributed by atoms with Crippen molar-refractivity contribution in [3.05, 3.63) is 204 Å². The van der Waals surface area contributed by atoms with Gasteiger partial charge in [-0.25, -0.2) is 9.59 Å². The summed E-state index contributed by atoms with van der Waals surface area (Å²) in [5.74, 6) is 13.1. The minimum atomic E-state index is -1.10. The number of halogens is 1. The number of benzene rings is 5. The van der Waals surface area contributed by atoms with Gasteiger partial charge < -0.3 is 24.4 Å². The predicted molar refractivity (Wildman–Crippen MR) is 452 cm³/mol. The largest absolute Gasteiger partial charge is 0.392 e. The summed E-state index contributed by atoms with van der Waals surface area (Å²) in [6.45, 7) is 51.0. The fraction of sp³-hybridized carbons (Fsp3) is 0.366. The summed E-state index contributed by atoms with van der Waals surface area (Å²) in [5.41, 5.74) is 20.6. The SMILES string of the molecule is C#C[Si](C)(C)C.CC#C[Si](C)(C)C.CC#C[Si](C)(C)C.CC#C[Si](C)(C)C.CC#C[Si](C)(C)C.CC(C)(C)OC(=O)OC/C=C/c1ccccc1.CCOC(=O)/C=C/c1ccccc1.CI.Cc1ccccc1.O=BC#CO.OC/C=C/c1ccccc1.OC/C=C/c1ccccc1. The number of carbonyl (C=O) groups is 2. The predicted octanol–water partition coefficient (Wildman–Crippen LogP) is 20.7. The average molecular weight is 1530 g/mol. The molecule has 0 aromatic heterocycles. The Morgan fingerprint density at radius 3 is 0.949 bits per heavy atom. The summed E-state index contributed by atoms with van der Waals surface area (Å²) in [6.07, 6.45) is 19.9. The van der Waals surface area contributed by atoms with E-state index in [0.29, 0.717) is 13.8 Å². The molecule has 0 aliphatic carbocycles. The zero-order valence-corrected chi connectivity index (χ0v) is 71.4. The molecule has 98 heavy (non-hydrogen) atoms. The Morgan fingerprint density at radius 2 is 0.765 bits per heavy atom. The van der Waals surface area contributed by atoms with Gasteiger partial charge in [-0.1, -0.05) is 308 Å². The molecule has 0 saturated carbocycles. The van der Waals surface area contributed by atoms with Crippen LogP contribution in [0.2, 0.25) is 98.2 Å². The maximum absolute atomic E-state index is 11.2. The first-order valence-corrected chi connectivity index (χ1v) is 51.8. The van der Waals surface area contributed by atoms with Crippen molar-refractivity contribution in [2.45, 2.75) is 166 Å². The molecule has 3 N–H and O–H groups in total. The first-order valence-electron chi connectivity index (χ1n) is 32.1. The minimum Gasteiger partial charge on any atom is -0.392 e. The van der Waals surface area contributed by atoms with E-state index in [-0.39, 0.29) is 25.8 Å². The molecule has 0 radical (unpaired) electrons. The molecule has 16 heteroatoms. The van der Waals surface area contributed by atoms with Gasteiger partial charge >= 0.3 is 41.0 Å². The van der Waals surface area contributed by atoms with Crippen LogP contribution in [0.25, 0.3) is 24.3 Å². The molecule has 0 spiro atoms. The third-order valence-corrected chi connectivity index (χ3v) is 14.1. The van der Waals surface area contributed by atoms with E-state index >= 15 is 0 Å². The quantitative estimate of drug-likeness (QED) is 0.0311. The molecule has 0 fully saturated rings. The van der Waals surface area contributed by atoms with Crippen molar-refractivity contribution in [1.29, 1.82) is 0 Å². The molecule has 5 rings (SSSR count). The number of hydrogen-bond donors (Lipinski definition) is 3. The maximum Gasteiger partial charge on any atom is 0.0615 e. The van der Waals surface area contributed by atoms with Gasteiger partial charge in [0.2, 0.25) is 0 Å². The zero-order chi connectivity index (χ0) is 76.8. The van der Waals surface area contributed by atoms with Gasteiger partial charge in [0, 0.05) is 6.08 Å². The molecule has 0 heterocycles. The van der Waals surface area contributed by atoms with Crippen molar-refractivity contribution in [3.8, 4) is 69.7 Å². The van der Waals surface area contributed by atoms with Crippen LogP contribution in [0.1, 0.15) is 83.2 Å². The fourth-order valence-electron chi connectivity index (χ4n) is 5.63. The smallest absolute Gasteiger partial charge is 0.0615 e.